The number of benzene rings is 1. The van der Waals surface area contributed by atoms with Gasteiger partial charge in [0.05, 0.1) is 36.3 Å². The van der Waals surface area contributed by atoms with E-state index in [1.807, 2.05) is 23.9 Å². The van der Waals surface area contributed by atoms with Crippen molar-refractivity contribution >= 4 is 17.4 Å². The fraction of sp³-hybridized carbons (Fsp3) is 0.481. The van der Waals surface area contributed by atoms with Crippen LogP contribution in [0.25, 0.3) is 0 Å². The molecular formula is C27H32F3N7O2. The molecule has 1 aromatic carbocycles. The van der Waals surface area contributed by atoms with E-state index < -0.39 is 11.7 Å². The molecule has 2 aliphatic heterocycles. The van der Waals surface area contributed by atoms with Crippen molar-refractivity contribution in [1.29, 1.82) is 5.26 Å². The number of carbonyl (C=O) groups excluding carboxylic acids is 1. The minimum absolute atomic E-state index is 0.108. The maximum atomic E-state index is 13.7. The Morgan fingerprint density at radius 2 is 2.00 bits per heavy atom. The largest absolute Gasteiger partial charge is 0.462 e. The molecule has 2 aliphatic rings. The Labute approximate surface area is 226 Å². The van der Waals surface area contributed by atoms with Crippen molar-refractivity contribution in [3.8, 4) is 12.1 Å². The Morgan fingerprint density at radius 1 is 1.23 bits per heavy atom. The van der Waals surface area contributed by atoms with E-state index in [0.717, 1.165) is 11.6 Å². The van der Waals surface area contributed by atoms with E-state index in [1.165, 1.54) is 18.2 Å². The summed E-state index contributed by atoms with van der Waals surface area (Å²) in [5.41, 5.74) is 0.864. The van der Waals surface area contributed by atoms with Crippen molar-refractivity contribution < 1.29 is 22.7 Å². The predicted octanol–water partition coefficient (Wildman–Crippen LogP) is 3.12. The van der Waals surface area contributed by atoms with E-state index in [9.17, 15) is 23.2 Å². The molecule has 0 bridgehead atoms. The number of nitriles is 1. The van der Waals surface area contributed by atoms with Crippen LogP contribution < -0.4 is 14.5 Å². The van der Waals surface area contributed by atoms with Gasteiger partial charge in [-0.05, 0) is 38.7 Å². The number of alkyl halides is 3. The number of anilines is 2. The van der Waals surface area contributed by atoms with Crippen molar-refractivity contribution in [1.82, 2.24) is 19.8 Å². The van der Waals surface area contributed by atoms with Gasteiger partial charge < -0.3 is 24.3 Å². The molecule has 39 heavy (non-hydrogen) atoms. The third-order valence-corrected chi connectivity index (χ3v) is 6.91. The van der Waals surface area contributed by atoms with Crippen LogP contribution in [0.5, 0.6) is 6.01 Å². The number of hydrogen-bond acceptors (Lipinski definition) is 8. The zero-order valence-electron chi connectivity index (χ0n) is 22.1. The number of aromatic nitrogens is 2. The Balaban J connectivity index is 1.68. The summed E-state index contributed by atoms with van der Waals surface area (Å²) in [5.74, 6) is 0.406. The molecule has 1 amide bonds. The topological polar surface area (TPSA) is 88.8 Å². The maximum Gasteiger partial charge on any atom is 0.418 e. The molecule has 4 rings (SSSR count). The summed E-state index contributed by atoms with van der Waals surface area (Å²) in [6.07, 6.45) is -2.65. The second kappa shape index (κ2) is 11.9. The van der Waals surface area contributed by atoms with E-state index in [-0.39, 0.29) is 36.6 Å². The number of nitrogens with zero attached hydrogens (tertiary/aromatic N) is 7. The van der Waals surface area contributed by atoms with E-state index in [2.05, 4.69) is 17.6 Å². The van der Waals surface area contributed by atoms with Gasteiger partial charge in [0, 0.05) is 44.0 Å². The lowest BCUT2D eigenvalue weighted by Crippen LogP contribution is -2.55. The summed E-state index contributed by atoms with van der Waals surface area (Å²) in [6.45, 7) is 6.30. The Hall–Kier alpha value is -3.85. The number of ether oxygens (including phenoxy) is 1. The number of para-hydroxylation sites is 1. The highest BCUT2D eigenvalue weighted by Crippen LogP contribution is 2.39. The Kier molecular flexibility index (Phi) is 8.60. The summed E-state index contributed by atoms with van der Waals surface area (Å²) >= 11 is 0. The molecule has 1 fully saturated rings. The van der Waals surface area contributed by atoms with Crippen molar-refractivity contribution in [3.63, 3.8) is 0 Å². The summed E-state index contributed by atoms with van der Waals surface area (Å²) in [6, 6.07) is 7.51. The molecule has 0 radical (unpaired) electrons. The fourth-order valence-corrected chi connectivity index (χ4v) is 4.96. The number of piperazine rings is 1. The smallest absolute Gasteiger partial charge is 0.418 e. The van der Waals surface area contributed by atoms with Crippen LogP contribution in [0, 0.1) is 11.3 Å². The summed E-state index contributed by atoms with van der Waals surface area (Å²) in [7, 11) is 3.83. The quantitative estimate of drug-likeness (QED) is 0.470. The molecule has 3 heterocycles. The molecule has 1 unspecified atom stereocenters. The normalized spacial score (nSPS) is 17.6. The van der Waals surface area contributed by atoms with Crippen molar-refractivity contribution in [2.75, 3.05) is 63.2 Å². The van der Waals surface area contributed by atoms with Crippen LogP contribution in [0.2, 0.25) is 0 Å². The first-order valence-electron chi connectivity index (χ1n) is 12.8. The van der Waals surface area contributed by atoms with Gasteiger partial charge in [-0.3, -0.25) is 4.79 Å². The first kappa shape index (κ1) is 28.2. The highest BCUT2D eigenvalue weighted by molar-refractivity contribution is 5.87. The number of halogens is 3. The van der Waals surface area contributed by atoms with Crippen molar-refractivity contribution in [2.45, 2.75) is 31.6 Å². The second-order valence-electron chi connectivity index (χ2n) is 9.79. The monoisotopic (exact) mass is 543 g/mol. The minimum atomic E-state index is -4.48. The molecule has 1 aromatic heterocycles. The highest BCUT2D eigenvalue weighted by atomic mass is 19.4. The first-order chi connectivity index (χ1) is 18.6. The summed E-state index contributed by atoms with van der Waals surface area (Å²) < 4.78 is 47.1. The Morgan fingerprint density at radius 3 is 2.69 bits per heavy atom. The average molecular weight is 544 g/mol. The van der Waals surface area contributed by atoms with Gasteiger partial charge in [0.1, 0.15) is 12.4 Å². The molecule has 208 valence electrons. The molecule has 0 saturated carbocycles. The van der Waals surface area contributed by atoms with Crippen LogP contribution in [0.3, 0.4) is 0 Å². The molecule has 2 aromatic rings. The zero-order chi connectivity index (χ0) is 28.2. The van der Waals surface area contributed by atoms with Crippen molar-refractivity contribution in [3.05, 3.63) is 53.7 Å². The third kappa shape index (κ3) is 6.42. The van der Waals surface area contributed by atoms with Gasteiger partial charge in [-0.15, -0.1) is 0 Å². The average Bonchev–Trinajstić information content (AvgIpc) is 2.91. The first-order valence-corrected chi connectivity index (χ1v) is 12.8. The van der Waals surface area contributed by atoms with Crippen LogP contribution in [0.4, 0.5) is 24.7 Å². The fourth-order valence-electron chi connectivity index (χ4n) is 4.96. The van der Waals surface area contributed by atoms with Crippen LogP contribution in [-0.2, 0) is 23.9 Å². The number of likely N-dealkylation sites (N-methyl/N-ethyl adjacent to an activating group) is 1. The predicted molar refractivity (Wildman–Crippen MR) is 140 cm³/mol. The molecule has 1 saturated heterocycles. The lowest BCUT2D eigenvalue weighted by Gasteiger charge is -2.42. The number of fused-ring (bicyclic) bond motifs is 1. The molecule has 0 spiro atoms. The third-order valence-electron chi connectivity index (χ3n) is 6.91. The lowest BCUT2D eigenvalue weighted by molar-refractivity contribution is -0.137. The van der Waals surface area contributed by atoms with Gasteiger partial charge in [0.25, 0.3) is 0 Å². The lowest BCUT2D eigenvalue weighted by atomic mass is 10.0. The highest BCUT2D eigenvalue weighted by Gasteiger charge is 2.37. The van der Waals surface area contributed by atoms with Gasteiger partial charge in [-0.25, -0.2) is 0 Å². The van der Waals surface area contributed by atoms with Crippen LogP contribution >= 0.6 is 0 Å². The number of hydrogen-bond donors (Lipinski definition) is 0. The number of rotatable bonds is 8. The number of carbonyl (C=O) groups is 1. The number of amides is 1. The van der Waals surface area contributed by atoms with E-state index in [4.69, 9.17) is 9.72 Å². The van der Waals surface area contributed by atoms with Gasteiger partial charge in [0.15, 0.2) is 0 Å². The molecule has 0 N–H and O–H groups in total. The maximum absolute atomic E-state index is 13.7. The molecule has 12 heteroatoms. The minimum Gasteiger partial charge on any atom is -0.462 e. The van der Waals surface area contributed by atoms with Crippen LogP contribution in [-0.4, -0.2) is 85.1 Å². The summed E-state index contributed by atoms with van der Waals surface area (Å²) in [4.78, 5) is 29.0. The van der Waals surface area contributed by atoms with Crippen molar-refractivity contribution in [2.24, 2.45) is 0 Å². The van der Waals surface area contributed by atoms with E-state index in [1.54, 1.807) is 15.9 Å². The van der Waals surface area contributed by atoms with Crippen LogP contribution in [0.15, 0.2) is 36.9 Å². The van der Waals surface area contributed by atoms with Gasteiger partial charge in [0.2, 0.25) is 5.91 Å². The molecular weight excluding hydrogens is 511 g/mol. The van der Waals surface area contributed by atoms with E-state index in [0.29, 0.717) is 57.3 Å². The zero-order valence-corrected chi connectivity index (χ0v) is 22.1. The molecule has 9 nitrogen and oxygen atoms in total. The van der Waals surface area contributed by atoms with Gasteiger partial charge in [-0.1, -0.05) is 18.7 Å². The van der Waals surface area contributed by atoms with Gasteiger partial charge >= 0.3 is 12.2 Å². The van der Waals surface area contributed by atoms with E-state index >= 15 is 0 Å². The molecule has 1 atom stereocenters. The second-order valence-corrected chi connectivity index (χ2v) is 9.79. The van der Waals surface area contributed by atoms with Crippen LogP contribution in [0.1, 0.15) is 23.2 Å². The Bertz CT molecular complexity index is 1240. The molecule has 0 aliphatic carbocycles. The SMILES string of the molecule is C=CC(=O)N1CCN(c2nc(OCCN(C)C)nc3c2CCN(c2ccccc2C(F)(F)F)C3)CC1CC#N. The van der Waals surface area contributed by atoms with Gasteiger partial charge in [-0.2, -0.15) is 28.4 Å². The standard InChI is InChI=1S/C27H32F3N7O2/c1-4-24(38)37-14-13-36(17-19(37)9-11-31)25-20-10-12-35(23-8-6-5-7-21(23)27(28,29)30)18-22(20)32-26(33-25)39-16-15-34(2)3/h4-8,19H,1,9-10,12-18H2,2-3H3. The summed E-state index contributed by atoms with van der Waals surface area (Å²) in [5, 5.41) is 9.38.